The first kappa shape index (κ1) is 19.2. The fourth-order valence-electron chi connectivity index (χ4n) is 3.77. The number of ether oxygens (including phenoxy) is 1. The van der Waals surface area contributed by atoms with Crippen molar-refractivity contribution in [2.45, 2.75) is 25.9 Å². The highest BCUT2D eigenvalue weighted by atomic mass is 16.5. The minimum absolute atomic E-state index is 0.0400. The number of nitrogens with zero attached hydrogens (tertiary/aromatic N) is 3. The summed E-state index contributed by atoms with van der Waals surface area (Å²) in [6.07, 6.45) is 2.12. The molecule has 1 aliphatic rings. The molecule has 1 atom stereocenters. The molecule has 0 aliphatic carbocycles. The van der Waals surface area contributed by atoms with Crippen molar-refractivity contribution in [3.05, 3.63) is 53.7 Å². The number of aromatic amines is 1. The highest BCUT2D eigenvalue weighted by Gasteiger charge is 2.31. The molecule has 2 amide bonds. The second-order valence-electron chi connectivity index (χ2n) is 7.25. The number of aromatic nitrogens is 3. The number of rotatable bonds is 6. The predicted octanol–water partition coefficient (Wildman–Crippen LogP) is 1.89. The molecule has 3 aromatic rings. The van der Waals surface area contributed by atoms with Gasteiger partial charge in [-0.25, -0.2) is 4.98 Å². The second-order valence-corrected chi connectivity index (χ2v) is 7.25. The monoisotopic (exact) mass is 395 g/mol. The lowest BCUT2D eigenvalue weighted by atomic mass is 10.2. The van der Waals surface area contributed by atoms with E-state index in [-0.39, 0.29) is 24.3 Å². The van der Waals surface area contributed by atoms with Crippen molar-refractivity contribution < 1.29 is 14.3 Å². The van der Waals surface area contributed by atoms with Crippen LogP contribution in [0.2, 0.25) is 0 Å². The number of H-pyrrole nitrogens is 1. The zero-order valence-corrected chi connectivity index (χ0v) is 16.6. The van der Waals surface area contributed by atoms with Crippen molar-refractivity contribution in [3.8, 4) is 0 Å². The SMILES string of the molecule is COCCNC(=O)Cc1cn2c(n1)[C@H](C)N(C(=O)c1cc3ccccc3[nH]1)CC2. The number of methoxy groups -OCH3 is 1. The van der Waals surface area contributed by atoms with Gasteiger partial charge < -0.3 is 24.5 Å². The third-order valence-corrected chi connectivity index (χ3v) is 5.27. The van der Waals surface area contributed by atoms with Crippen LogP contribution >= 0.6 is 0 Å². The van der Waals surface area contributed by atoms with Gasteiger partial charge in [0.25, 0.3) is 5.91 Å². The number of fused-ring (bicyclic) bond motifs is 2. The maximum absolute atomic E-state index is 13.1. The van der Waals surface area contributed by atoms with Gasteiger partial charge in [-0.15, -0.1) is 0 Å². The summed E-state index contributed by atoms with van der Waals surface area (Å²) in [6.45, 7) is 4.18. The van der Waals surface area contributed by atoms with E-state index in [4.69, 9.17) is 4.74 Å². The lowest BCUT2D eigenvalue weighted by molar-refractivity contribution is -0.120. The number of amides is 2. The molecule has 0 bridgehead atoms. The van der Waals surface area contributed by atoms with Crippen LogP contribution in [0.15, 0.2) is 36.5 Å². The number of hydrogen-bond donors (Lipinski definition) is 2. The van der Waals surface area contributed by atoms with Gasteiger partial charge in [0.15, 0.2) is 0 Å². The summed E-state index contributed by atoms with van der Waals surface area (Å²) < 4.78 is 6.98. The molecule has 1 aromatic carbocycles. The Bertz CT molecular complexity index is 1010. The number of carbonyl (C=O) groups is 2. The Kier molecular flexibility index (Phi) is 5.35. The summed E-state index contributed by atoms with van der Waals surface area (Å²) in [5.41, 5.74) is 2.24. The first-order valence-electron chi connectivity index (χ1n) is 9.77. The van der Waals surface area contributed by atoms with Crippen molar-refractivity contribution in [2.24, 2.45) is 0 Å². The fraction of sp³-hybridized carbons (Fsp3) is 0.381. The van der Waals surface area contributed by atoms with Crippen LogP contribution in [0.25, 0.3) is 10.9 Å². The van der Waals surface area contributed by atoms with Crippen LogP contribution in [0.4, 0.5) is 0 Å². The molecule has 3 heterocycles. The van der Waals surface area contributed by atoms with Gasteiger partial charge in [-0.3, -0.25) is 9.59 Å². The predicted molar refractivity (Wildman–Crippen MR) is 109 cm³/mol. The zero-order valence-electron chi connectivity index (χ0n) is 16.6. The van der Waals surface area contributed by atoms with Gasteiger partial charge in [-0.1, -0.05) is 18.2 Å². The quantitative estimate of drug-likeness (QED) is 0.624. The summed E-state index contributed by atoms with van der Waals surface area (Å²) in [5, 5.41) is 3.82. The highest BCUT2D eigenvalue weighted by molar-refractivity contribution is 5.98. The van der Waals surface area contributed by atoms with Crippen LogP contribution in [0.3, 0.4) is 0 Å². The Labute approximate surface area is 168 Å². The van der Waals surface area contributed by atoms with E-state index in [0.717, 1.165) is 16.7 Å². The van der Waals surface area contributed by atoms with E-state index >= 15 is 0 Å². The molecule has 1 aliphatic heterocycles. The highest BCUT2D eigenvalue weighted by Crippen LogP contribution is 2.27. The molecule has 0 saturated carbocycles. The molecule has 152 valence electrons. The van der Waals surface area contributed by atoms with E-state index in [2.05, 4.69) is 15.3 Å². The van der Waals surface area contributed by atoms with Crippen LogP contribution in [0.1, 0.15) is 35.0 Å². The smallest absolute Gasteiger partial charge is 0.270 e. The molecule has 0 saturated heterocycles. The van der Waals surface area contributed by atoms with Crippen molar-refractivity contribution in [1.29, 1.82) is 0 Å². The molecule has 8 heteroatoms. The Morgan fingerprint density at radius 2 is 2.14 bits per heavy atom. The molecule has 0 fully saturated rings. The van der Waals surface area contributed by atoms with Crippen molar-refractivity contribution in [2.75, 3.05) is 26.8 Å². The molecule has 2 aromatic heterocycles. The second kappa shape index (κ2) is 8.08. The number of carbonyl (C=O) groups excluding carboxylic acids is 2. The van der Waals surface area contributed by atoms with Gasteiger partial charge >= 0.3 is 0 Å². The summed E-state index contributed by atoms with van der Waals surface area (Å²) in [5.74, 6) is 0.679. The van der Waals surface area contributed by atoms with Crippen molar-refractivity contribution >= 4 is 22.7 Å². The Morgan fingerprint density at radius 3 is 2.93 bits per heavy atom. The summed E-state index contributed by atoms with van der Waals surface area (Å²) in [7, 11) is 1.60. The minimum atomic E-state index is -0.173. The van der Waals surface area contributed by atoms with Crippen molar-refractivity contribution in [3.63, 3.8) is 0 Å². The Morgan fingerprint density at radius 1 is 1.31 bits per heavy atom. The molecule has 4 rings (SSSR count). The van der Waals surface area contributed by atoms with Crippen LogP contribution < -0.4 is 5.32 Å². The molecular formula is C21H25N5O3. The van der Waals surface area contributed by atoms with Gasteiger partial charge in [0, 0.05) is 43.8 Å². The number of hydrogen-bond acceptors (Lipinski definition) is 4. The van der Waals surface area contributed by atoms with E-state index in [0.29, 0.717) is 37.6 Å². The molecule has 0 spiro atoms. The molecular weight excluding hydrogens is 370 g/mol. The number of para-hydroxylation sites is 1. The lowest BCUT2D eigenvalue weighted by Gasteiger charge is -2.33. The standard InChI is InChI=1S/C21H25N5O3/c1-14-20-23-16(12-19(27)22-7-10-29-2)13-25(20)8-9-26(14)21(28)18-11-15-5-3-4-6-17(15)24-18/h3-6,11,13-14,24H,7-10,12H2,1-2H3,(H,22,27)/t14-/m0/s1. The van der Waals surface area contributed by atoms with Gasteiger partial charge in [0.05, 0.1) is 24.8 Å². The zero-order chi connectivity index (χ0) is 20.4. The normalized spacial score (nSPS) is 16.1. The van der Waals surface area contributed by atoms with Gasteiger partial charge in [0.2, 0.25) is 5.91 Å². The Hall–Kier alpha value is -3.13. The number of nitrogens with one attached hydrogen (secondary N) is 2. The van der Waals surface area contributed by atoms with Gasteiger partial charge in [-0.05, 0) is 19.1 Å². The van der Waals surface area contributed by atoms with Crippen LogP contribution in [-0.2, 0) is 22.5 Å². The molecule has 0 unspecified atom stereocenters. The van der Waals surface area contributed by atoms with E-state index in [1.807, 2.05) is 52.9 Å². The summed E-state index contributed by atoms with van der Waals surface area (Å²) >= 11 is 0. The van der Waals surface area contributed by atoms with Crippen LogP contribution in [0, 0.1) is 0 Å². The summed E-state index contributed by atoms with van der Waals surface area (Å²) in [4.78, 5) is 34.8. The Balaban J connectivity index is 1.48. The van der Waals surface area contributed by atoms with E-state index in [9.17, 15) is 9.59 Å². The fourth-order valence-corrected chi connectivity index (χ4v) is 3.77. The molecule has 8 nitrogen and oxygen atoms in total. The molecule has 2 N–H and O–H groups in total. The number of imidazole rings is 1. The lowest BCUT2D eigenvalue weighted by Crippen LogP contribution is -2.41. The van der Waals surface area contributed by atoms with Crippen molar-refractivity contribution in [1.82, 2.24) is 24.8 Å². The summed E-state index contributed by atoms with van der Waals surface area (Å²) in [6, 6.07) is 9.56. The first-order valence-corrected chi connectivity index (χ1v) is 9.77. The molecule has 29 heavy (non-hydrogen) atoms. The van der Waals surface area contributed by atoms with E-state index in [1.165, 1.54) is 0 Å². The first-order chi connectivity index (χ1) is 14.1. The van der Waals surface area contributed by atoms with Crippen LogP contribution in [0.5, 0.6) is 0 Å². The third kappa shape index (κ3) is 3.88. The molecule has 0 radical (unpaired) electrons. The maximum atomic E-state index is 13.1. The van der Waals surface area contributed by atoms with E-state index < -0.39 is 0 Å². The number of benzene rings is 1. The maximum Gasteiger partial charge on any atom is 0.270 e. The average Bonchev–Trinajstić information content (AvgIpc) is 3.32. The average molecular weight is 395 g/mol. The third-order valence-electron chi connectivity index (χ3n) is 5.27. The topological polar surface area (TPSA) is 92.2 Å². The van der Waals surface area contributed by atoms with Gasteiger partial charge in [0.1, 0.15) is 11.5 Å². The largest absolute Gasteiger partial charge is 0.383 e. The van der Waals surface area contributed by atoms with Gasteiger partial charge in [-0.2, -0.15) is 0 Å². The minimum Gasteiger partial charge on any atom is -0.383 e. The van der Waals surface area contributed by atoms with Crippen LogP contribution in [-0.4, -0.2) is 58.1 Å². The van der Waals surface area contributed by atoms with E-state index in [1.54, 1.807) is 7.11 Å².